The van der Waals surface area contributed by atoms with Gasteiger partial charge in [0.1, 0.15) is 17.7 Å². The number of carbonyl (C=O) groups excluding carboxylic acids is 1. The Kier molecular flexibility index (Phi) is 9.55. The third-order valence-electron chi connectivity index (χ3n) is 7.58. The predicted octanol–water partition coefficient (Wildman–Crippen LogP) is 3.62. The largest absolute Gasteiger partial charge is 0.476 e. The lowest BCUT2D eigenvalue weighted by molar-refractivity contribution is -0.117. The molecule has 0 bridgehead atoms. The number of allylic oxidation sites excluding steroid dienone is 2. The van der Waals surface area contributed by atoms with Crippen LogP contribution in [0.15, 0.2) is 22.7 Å². The number of aryl methyl sites for hydroxylation is 1. The first-order chi connectivity index (χ1) is 19.3. The zero-order valence-corrected chi connectivity index (χ0v) is 24.3. The van der Waals surface area contributed by atoms with E-state index < -0.39 is 5.92 Å². The number of thiophene rings is 1. The Morgan fingerprint density at radius 3 is 2.80 bits per heavy atom. The van der Waals surface area contributed by atoms with Crippen molar-refractivity contribution >= 4 is 39.7 Å². The summed E-state index contributed by atoms with van der Waals surface area (Å²) in [6.45, 7) is 3.49. The van der Waals surface area contributed by atoms with Crippen LogP contribution in [0.4, 0.5) is 5.00 Å². The maximum atomic E-state index is 14.1. The van der Waals surface area contributed by atoms with Gasteiger partial charge in [0.15, 0.2) is 11.6 Å². The second-order valence-electron chi connectivity index (χ2n) is 10.3. The van der Waals surface area contributed by atoms with Gasteiger partial charge in [-0.15, -0.1) is 11.3 Å². The van der Waals surface area contributed by atoms with Crippen LogP contribution in [0.1, 0.15) is 78.9 Å². The standard InChI is InChI=1S/C29H38N8O2S/c1-4-7-19(27(38)18-9-5-10-23-25(18)20(15-30)28(33)40-23)26(32)29-35-22(21(31)11-12-34-2)14-24(36-29)39-16-17-8-6-13-37(17)3/h11-12,14,17-18H,4-10,13,16,31-33H2,1-3H3/b21-11-,26-19-,34-12?/t17-,18-/m0/s1. The number of fused-ring (bicyclic) bond motifs is 1. The van der Waals surface area contributed by atoms with Crippen molar-refractivity contribution in [2.75, 3.05) is 33.0 Å². The number of anilines is 1. The van der Waals surface area contributed by atoms with Gasteiger partial charge in [-0.05, 0) is 63.8 Å². The Balaban J connectivity index is 1.76. The van der Waals surface area contributed by atoms with E-state index >= 15 is 0 Å². The molecule has 212 valence electrons. The van der Waals surface area contributed by atoms with E-state index in [1.54, 1.807) is 25.4 Å². The first-order valence-corrected chi connectivity index (χ1v) is 14.5. The van der Waals surface area contributed by atoms with Gasteiger partial charge >= 0.3 is 0 Å². The summed E-state index contributed by atoms with van der Waals surface area (Å²) in [7, 11) is 3.74. The number of nitriles is 1. The summed E-state index contributed by atoms with van der Waals surface area (Å²) >= 11 is 1.40. The van der Waals surface area contributed by atoms with E-state index in [0.717, 1.165) is 42.7 Å². The lowest BCUT2D eigenvalue weighted by Gasteiger charge is -2.24. The number of aromatic nitrogens is 2. The molecule has 6 N–H and O–H groups in total. The van der Waals surface area contributed by atoms with Crippen molar-refractivity contribution in [2.24, 2.45) is 16.5 Å². The topological polar surface area (TPSA) is 170 Å². The van der Waals surface area contributed by atoms with Crippen LogP contribution in [-0.2, 0) is 11.2 Å². The number of hydrogen-bond acceptors (Lipinski definition) is 11. The molecule has 2 aromatic rings. The van der Waals surface area contributed by atoms with Crippen LogP contribution < -0.4 is 21.9 Å². The summed E-state index contributed by atoms with van der Waals surface area (Å²) in [4.78, 5) is 30.6. The lowest BCUT2D eigenvalue weighted by Crippen LogP contribution is -2.30. The first kappa shape index (κ1) is 29.2. The Hall–Kier alpha value is -3.75. The number of ether oxygens (including phenoxy) is 1. The molecule has 0 spiro atoms. The number of aliphatic imine (C=N–C) groups is 1. The van der Waals surface area contributed by atoms with Crippen LogP contribution in [0, 0.1) is 11.3 Å². The van der Waals surface area contributed by atoms with Crippen LogP contribution in [0.25, 0.3) is 11.4 Å². The Bertz CT molecular complexity index is 1390. The molecule has 1 fully saturated rings. The van der Waals surface area contributed by atoms with Crippen LogP contribution in [0.5, 0.6) is 5.88 Å². The third kappa shape index (κ3) is 6.18. The zero-order chi connectivity index (χ0) is 28.8. The summed E-state index contributed by atoms with van der Waals surface area (Å²) in [6.07, 6.45) is 8.83. The van der Waals surface area contributed by atoms with Gasteiger partial charge in [-0.3, -0.25) is 9.79 Å². The molecule has 2 aromatic heterocycles. The maximum absolute atomic E-state index is 14.1. The molecule has 40 heavy (non-hydrogen) atoms. The highest BCUT2D eigenvalue weighted by Crippen LogP contribution is 2.44. The number of nitrogen functional groups attached to an aromatic ring is 1. The minimum atomic E-state index is -0.477. The van der Waals surface area contributed by atoms with E-state index in [1.165, 1.54) is 11.3 Å². The molecule has 11 heteroatoms. The number of rotatable bonds is 10. The zero-order valence-electron chi connectivity index (χ0n) is 23.4. The molecule has 0 aromatic carbocycles. The lowest BCUT2D eigenvalue weighted by atomic mass is 9.79. The molecule has 3 heterocycles. The monoisotopic (exact) mass is 562 g/mol. The Labute approximate surface area is 239 Å². The number of likely N-dealkylation sites (N-methyl/N-ethyl adjacent to an activating group) is 1. The molecule has 2 atom stereocenters. The van der Waals surface area contributed by atoms with Gasteiger partial charge in [0.2, 0.25) is 5.88 Å². The minimum absolute atomic E-state index is 0.111. The van der Waals surface area contributed by atoms with Crippen molar-refractivity contribution in [3.05, 3.63) is 45.2 Å². The van der Waals surface area contributed by atoms with Gasteiger partial charge in [0.05, 0.1) is 22.7 Å². The summed E-state index contributed by atoms with van der Waals surface area (Å²) in [5.41, 5.74) is 21.8. The SMILES string of the molecule is CCC/C(C(=O)[C@H]1CCCc2sc(N)c(C#N)c21)=C(/N)c1nc(OC[C@@H]2CCCN2C)cc(/C(N)=C/C=NC)n1. The van der Waals surface area contributed by atoms with E-state index in [1.807, 2.05) is 6.92 Å². The Morgan fingerprint density at radius 1 is 1.32 bits per heavy atom. The average molecular weight is 563 g/mol. The van der Waals surface area contributed by atoms with E-state index in [9.17, 15) is 10.1 Å². The quantitative estimate of drug-likeness (QED) is 0.289. The van der Waals surface area contributed by atoms with Crippen molar-refractivity contribution in [3.8, 4) is 11.9 Å². The fourth-order valence-corrected chi connectivity index (χ4v) is 6.54. The molecule has 4 rings (SSSR count). The molecule has 0 unspecified atom stereocenters. The summed E-state index contributed by atoms with van der Waals surface area (Å²) < 4.78 is 6.12. The highest BCUT2D eigenvalue weighted by Gasteiger charge is 2.34. The highest BCUT2D eigenvalue weighted by molar-refractivity contribution is 7.16. The number of carbonyl (C=O) groups is 1. The molecule has 0 radical (unpaired) electrons. The minimum Gasteiger partial charge on any atom is -0.476 e. The molecular weight excluding hydrogens is 524 g/mol. The van der Waals surface area contributed by atoms with Crippen molar-refractivity contribution < 1.29 is 9.53 Å². The Morgan fingerprint density at radius 2 is 2.12 bits per heavy atom. The van der Waals surface area contributed by atoms with Gasteiger partial charge in [-0.2, -0.15) is 10.2 Å². The molecule has 2 aliphatic rings. The van der Waals surface area contributed by atoms with E-state index in [0.29, 0.717) is 65.3 Å². The van der Waals surface area contributed by atoms with Gasteiger partial charge in [-0.25, -0.2) is 4.98 Å². The number of Topliss-reactive ketones (excluding diaryl/α,β-unsaturated/α-hetero) is 1. The maximum Gasteiger partial charge on any atom is 0.217 e. The van der Waals surface area contributed by atoms with E-state index in [2.05, 4.69) is 33.0 Å². The van der Waals surface area contributed by atoms with Gasteiger partial charge in [0.25, 0.3) is 0 Å². The molecule has 0 saturated carbocycles. The van der Waals surface area contributed by atoms with Crippen molar-refractivity contribution in [1.29, 1.82) is 5.26 Å². The second-order valence-corrected chi connectivity index (χ2v) is 11.4. The fraction of sp³-hybridized carbons (Fsp3) is 0.483. The number of ketones is 1. The number of nitrogens with two attached hydrogens (primary N) is 3. The van der Waals surface area contributed by atoms with Crippen molar-refractivity contribution in [1.82, 2.24) is 14.9 Å². The summed E-state index contributed by atoms with van der Waals surface area (Å²) in [6, 6.07) is 4.19. The molecule has 0 amide bonds. The fourth-order valence-electron chi connectivity index (χ4n) is 5.42. The van der Waals surface area contributed by atoms with Crippen molar-refractivity contribution in [3.63, 3.8) is 0 Å². The average Bonchev–Trinajstić information content (AvgIpc) is 3.53. The predicted molar refractivity (Wildman–Crippen MR) is 160 cm³/mol. The van der Waals surface area contributed by atoms with Gasteiger partial charge in [0, 0.05) is 41.7 Å². The second kappa shape index (κ2) is 13.1. The van der Waals surface area contributed by atoms with Gasteiger partial charge < -0.3 is 26.8 Å². The summed E-state index contributed by atoms with van der Waals surface area (Å²) in [5, 5.41) is 10.2. The first-order valence-electron chi connectivity index (χ1n) is 13.7. The molecule has 1 saturated heterocycles. The number of hydrogen-bond donors (Lipinski definition) is 3. The summed E-state index contributed by atoms with van der Waals surface area (Å²) in [5.74, 6) is -0.0567. The van der Waals surface area contributed by atoms with Crippen molar-refractivity contribution in [2.45, 2.75) is 63.8 Å². The van der Waals surface area contributed by atoms with Crippen LogP contribution in [0.2, 0.25) is 0 Å². The molecular formula is C29H38N8O2S. The highest BCUT2D eigenvalue weighted by atomic mass is 32.1. The number of nitrogens with zero attached hydrogens (tertiary/aromatic N) is 5. The third-order valence-corrected chi connectivity index (χ3v) is 8.68. The number of likely N-dealkylation sites (tertiary alicyclic amines) is 1. The van der Waals surface area contributed by atoms with Gasteiger partial charge in [-0.1, -0.05) is 13.3 Å². The molecule has 1 aliphatic carbocycles. The van der Waals surface area contributed by atoms with E-state index in [-0.39, 0.29) is 17.3 Å². The normalized spacial score (nSPS) is 20.3. The van der Waals surface area contributed by atoms with Crippen LogP contribution in [-0.4, -0.2) is 60.2 Å². The van der Waals surface area contributed by atoms with E-state index in [4.69, 9.17) is 21.9 Å². The molecule has 10 nitrogen and oxygen atoms in total. The smallest absolute Gasteiger partial charge is 0.217 e. The van der Waals surface area contributed by atoms with Crippen LogP contribution in [0.3, 0.4) is 0 Å². The van der Waals surface area contributed by atoms with Crippen LogP contribution >= 0.6 is 11.3 Å². The molecule has 1 aliphatic heterocycles.